The Kier molecular flexibility index (Phi) is 5.34. The summed E-state index contributed by atoms with van der Waals surface area (Å²) in [6.45, 7) is 9.16. The molecular weight excluding hydrogens is 230 g/mol. The van der Waals surface area contributed by atoms with Crippen molar-refractivity contribution in [3.05, 3.63) is 11.9 Å². The molecule has 0 aromatic carbocycles. The van der Waals surface area contributed by atoms with Crippen LogP contribution in [0.3, 0.4) is 0 Å². The summed E-state index contributed by atoms with van der Waals surface area (Å²) in [5.74, 6) is 1.45. The second-order valence-electron chi connectivity index (χ2n) is 4.92. The van der Waals surface area contributed by atoms with Gasteiger partial charge in [-0.05, 0) is 27.2 Å². The Morgan fingerprint density at radius 2 is 1.94 bits per heavy atom. The van der Waals surface area contributed by atoms with Crippen molar-refractivity contribution in [3.8, 4) is 5.88 Å². The summed E-state index contributed by atoms with van der Waals surface area (Å²) in [5, 5.41) is 3.04. The van der Waals surface area contributed by atoms with Gasteiger partial charge in [-0.2, -0.15) is 0 Å². The lowest BCUT2D eigenvalue weighted by atomic mass is 10.2. The molecule has 1 heterocycles. The third-order valence-electron chi connectivity index (χ3n) is 2.35. The molecule has 0 unspecified atom stereocenters. The van der Waals surface area contributed by atoms with E-state index in [1.807, 2.05) is 27.8 Å². The van der Waals surface area contributed by atoms with Gasteiger partial charge in [-0.25, -0.2) is 9.97 Å². The van der Waals surface area contributed by atoms with Gasteiger partial charge >= 0.3 is 0 Å². The van der Waals surface area contributed by atoms with E-state index < -0.39 is 0 Å². The third-order valence-corrected chi connectivity index (χ3v) is 2.35. The number of anilines is 1. The van der Waals surface area contributed by atoms with Gasteiger partial charge in [0.1, 0.15) is 18.8 Å². The molecule has 0 aliphatic carbocycles. The van der Waals surface area contributed by atoms with Gasteiger partial charge in [0.15, 0.2) is 0 Å². The number of rotatable bonds is 6. The molecule has 0 radical (unpaired) electrons. The van der Waals surface area contributed by atoms with Crippen molar-refractivity contribution in [3.63, 3.8) is 0 Å². The molecule has 0 aliphatic rings. The van der Waals surface area contributed by atoms with Crippen LogP contribution in [0, 0.1) is 0 Å². The summed E-state index contributed by atoms with van der Waals surface area (Å²) in [5.41, 5.74) is 0.856. The first kappa shape index (κ1) is 14.7. The van der Waals surface area contributed by atoms with Crippen LogP contribution >= 0.6 is 0 Å². The van der Waals surface area contributed by atoms with E-state index in [2.05, 4.69) is 22.2 Å². The number of aromatic nitrogens is 2. The Morgan fingerprint density at radius 1 is 1.22 bits per heavy atom. The van der Waals surface area contributed by atoms with Crippen LogP contribution < -0.4 is 10.1 Å². The standard InChI is InChI=1S/C13H23N3O2/c1-6-10-11(14-5)15-9-16-12(10)17-7-8-18-13(2,3)4/h9H,6-8H2,1-5H3,(H,14,15,16). The highest BCUT2D eigenvalue weighted by Crippen LogP contribution is 2.21. The molecule has 5 heteroatoms. The summed E-state index contributed by atoms with van der Waals surface area (Å²) >= 11 is 0. The van der Waals surface area contributed by atoms with Crippen molar-refractivity contribution in [2.24, 2.45) is 0 Å². The predicted molar refractivity (Wildman–Crippen MR) is 72.2 cm³/mol. The van der Waals surface area contributed by atoms with Gasteiger partial charge in [0.05, 0.1) is 17.8 Å². The van der Waals surface area contributed by atoms with E-state index in [1.165, 1.54) is 6.33 Å². The molecule has 1 aromatic rings. The fraction of sp³-hybridized carbons (Fsp3) is 0.692. The Balaban J connectivity index is 2.57. The fourth-order valence-electron chi connectivity index (χ4n) is 1.54. The monoisotopic (exact) mass is 253 g/mol. The topological polar surface area (TPSA) is 56.3 Å². The molecule has 5 nitrogen and oxygen atoms in total. The minimum atomic E-state index is -0.140. The molecule has 1 N–H and O–H groups in total. The van der Waals surface area contributed by atoms with Gasteiger partial charge in [-0.15, -0.1) is 0 Å². The number of hydrogen-bond donors (Lipinski definition) is 1. The van der Waals surface area contributed by atoms with Crippen molar-refractivity contribution in [2.45, 2.75) is 39.7 Å². The van der Waals surface area contributed by atoms with Gasteiger partial charge in [-0.3, -0.25) is 0 Å². The first-order valence-electron chi connectivity index (χ1n) is 6.26. The lowest BCUT2D eigenvalue weighted by Gasteiger charge is -2.19. The Bertz CT molecular complexity index is 375. The highest BCUT2D eigenvalue weighted by Gasteiger charge is 2.12. The van der Waals surface area contributed by atoms with Crippen LogP contribution in [0.15, 0.2) is 6.33 Å². The molecule has 0 amide bonds. The summed E-state index contributed by atoms with van der Waals surface area (Å²) in [6, 6.07) is 0. The van der Waals surface area contributed by atoms with Crippen molar-refractivity contribution in [1.29, 1.82) is 0 Å². The van der Waals surface area contributed by atoms with Crippen LogP contribution in [0.5, 0.6) is 5.88 Å². The zero-order chi connectivity index (χ0) is 13.6. The normalized spacial score (nSPS) is 11.4. The lowest BCUT2D eigenvalue weighted by molar-refractivity contribution is -0.0169. The zero-order valence-corrected chi connectivity index (χ0v) is 11.9. The maximum absolute atomic E-state index is 5.65. The smallest absolute Gasteiger partial charge is 0.221 e. The molecule has 0 atom stereocenters. The zero-order valence-electron chi connectivity index (χ0n) is 11.9. The van der Waals surface area contributed by atoms with Gasteiger partial charge in [0.25, 0.3) is 0 Å². The van der Waals surface area contributed by atoms with Gasteiger partial charge in [0, 0.05) is 7.05 Å². The van der Waals surface area contributed by atoms with Crippen LogP contribution in [-0.2, 0) is 11.2 Å². The molecule has 102 valence electrons. The van der Waals surface area contributed by atoms with Crippen LogP contribution in [0.4, 0.5) is 5.82 Å². The molecule has 0 fully saturated rings. The van der Waals surface area contributed by atoms with Crippen LogP contribution in [-0.4, -0.2) is 35.8 Å². The van der Waals surface area contributed by atoms with Crippen molar-refractivity contribution < 1.29 is 9.47 Å². The minimum Gasteiger partial charge on any atom is -0.475 e. The van der Waals surface area contributed by atoms with Crippen LogP contribution in [0.1, 0.15) is 33.3 Å². The van der Waals surface area contributed by atoms with Crippen LogP contribution in [0.2, 0.25) is 0 Å². The van der Waals surface area contributed by atoms with Gasteiger partial charge < -0.3 is 14.8 Å². The predicted octanol–water partition coefficient (Wildman–Crippen LogP) is 2.27. The van der Waals surface area contributed by atoms with E-state index in [-0.39, 0.29) is 5.60 Å². The van der Waals surface area contributed by atoms with E-state index in [4.69, 9.17) is 9.47 Å². The first-order valence-corrected chi connectivity index (χ1v) is 6.26. The molecule has 1 aromatic heterocycles. The fourth-order valence-corrected chi connectivity index (χ4v) is 1.54. The molecule has 0 saturated carbocycles. The molecule has 0 aliphatic heterocycles. The number of nitrogens with one attached hydrogen (secondary N) is 1. The van der Waals surface area contributed by atoms with E-state index in [0.29, 0.717) is 19.1 Å². The minimum absolute atomic E-state index is 0.140. The highest BCUT2D eigenvalue weighted by molar-refractivity contribution is 5.48. The van der Waals surface area contributed by atoms with Crippen molar-refractivity contribution in [1.82, 2.24) is 9.97 Å². The van der Waals surface area contributed by atoms with Crippen molar-refractivity contribution >= 4 is 5.82 Å². The second kappa shape index (κ2) is 6.54. The number of hydrogen-bond acceptors (Lipinski definition) is 5. The summed E-state index contributed by atoms with van der Waals surface area (Å²) in [6.07, 6.45) is 2.33. The van der Waals surface area contributed by atoms with Gasteiger partial charge in [0.2, 0.25) is 5.88 Å². The molecular formula is C13H23N3O2. The molecule has 1 rings (SSSR count). The van der Waals surface area contributed by atoms with Gasteiger partial charge in [-0.1, -0.05) is 6.92 Å². The molecule has 0 saturated heterocycles. The summed E-state index contributed by atoms with van der Waals surface area (Å²) < 4.78 is 11.2. The quantitative estimate of drug-likeness (QED) is 0.788. The summed E-state index contributed by atoms with van der Waals surface area (Å²) in [7, 11) is 1.84. The molecule has 18 heavy (non-hydrogen) atoms. The maximum Gasteiger partial charge on any atom is 0.221 e. The lowest BCUT2D eigenvalue weighted by Crippen LogP contribution is -2.22. The average Bonchev–Trinajstić information content (AvgIpc) is 2.32. The van der Waals surface area contributed by atoms with E-state index in [1.54, 1.807) is 0 Å². The average molecular weight is 253 g/mol. The van der Waals surface area contributed by atoms with E-state index >= 15 is 0 Å². The van der Waals surface area contributed by atoms with Crippen LogP contribution in [0.25, 0.3) is 0 Å². The highest BCUT2D eigenvalue weighted by atomic mass is 16.5. The van der Waals surface area contributed by atoms with E-state index in [9.17, 15) is 0 Å². The maximum atomic E-state index is 5.65. The molecule has 0 bridgehead atoms. The Labute approximate surface area is 109 Å². The Hall–Kier alpha value is -1.36. The SMILES string of the molecule is CCc1c(NC)ncnc1OCCOC(C)(C)C. The van der Waals surface area contributed by atoms with Crippen molar-refractivity contribution in [2.75, 3.05) is 25.6 Å². The number of nitrogens with zero attached hydrogens (tertiary/aromatic N) is 2. The summed E-state index contributed by atoms with van der Waals surface area (Å²) in [4.78, 5) is 8.33. The molecule has 0 spiro atoms. The second-order valence-corrected chi connectivity index (χ2v) is 4.92. The Morgan fingerprint density at radius 3 is 2.50 bits per heavy atom. The van der Waals surface area contributed by atoms with E-state index in [0.717, 1.165) is 17.8 Å². The third kappa shape index (κ3) is 4.49. The number of ether oxygens (including phenoxy) is 2. The largest absolute Gasteiger partial charge is 0.475 e. The first-order chi connectivity index (χ1) is 8.48.